The summed E-state index contributed by atoms with van der Waals surface area (Å²) in [6.45, 7) is 2.30. The van der Waals surface area contributed by atoms with Gasteiger partial charge in [-0.25, -0.2) is 8.42 Å². The topological polar surface area (TPSA) is 57.2 Å². The first kappa shape index (κ1) is 48.8. The van der Waals surface area contributed by atoms with Gasteiger partial charge < -0.3 is 4.55 Å². The Morgan fingerprint density at radius 3 is 0.875 bits per heavy atom. The summed E-state index contributed by atoms with van der Waals surface area (Å²) in [4.78, 5) is -0.0406. The number of aryl methyl sites for hydroxylation is 1. The van der Waals surface area contributed by atoms with E-state index in [0.29, 0.717) is 12.0 Å². The van der Waals surface area contributed by atoms with Crippen molar-refractivity contribution in [3.63, 3.8) is 0 Å². The van der Waals surface area contributed by atoms with Crippen molar-refractivity contribution < 1.29 is 64.4 Å². The van der Waals surface area contributed by atoms with E-state index in [4.69, 9.17) is 0 Å². The van der Waals surface area contributed by atoms with Crippen LogP contribution in [0.5, 0.6) is 0 Å². The molecule has 0 aliphatic heterocycles. The second-order valence-electron chi connectivity index (χ2n) is 14.8. The summed E-state index contributed by atoms with van der Waals surface area (Å²) in [7, 11) is -4.37. The van der Waals surface area contributed by atoms with Gasteiger partial charge in [0, 0.05) is 0 Å². The maximum absolute atomic E-state index is 11.4. The van der Waals surface area contributed by atoms with Crippen LogP contribution >= 0.6 is 0 Å². The van der Waals surface area contributed by atoms with Crippen molar-refractivity contribution in [3.8, 4) is 0 Å². The van der Waals surface area contributed by atoms with E-state index in [1.54, 1.807) is 12.1 Å². The Kier molecular flexibility index (Phi) is 38.1. The molecular formula is C43H79KO3S. The summed E-state index contributed by atoms with van der Waals surface area (Å²) in [6.07, 6.45) is 49.9. The first-order valence-electron chi connectivity index (χ1n) is 21.1. The smallest absolute Gasteiger partial charge is 0.744 e. The molecule has 1 aromatic carbocycles. The van der Waals surface area contributed by atoms with Crippen molar-refractivity contribution >= 4 is 10.1 Å². The van der Waals surface area contributed by atoms with Gasteiger partial charge in [0.25, 0.3) is 0 Å². The van der Waals surface area contributed by atoms with Crippen LogP contribution in [0.15, 0.2) is 29.2 Å². The Labute approximate surface area is 343 Å². The van der Waals surface area contributed by atoms with Gasteiger partial charge in [-0.05, 0) is 24.5 Å². The van der Waals surface area contributed by atoms with Gasteiger partial charge in [0.1, 0.15) is 10.1 Å². The van der Waals surface area contributed by atoms with E-state index in [1.165, 1.54) is 218 Å². The average molecular weight is 715 g/mol. The van der Waals surface area contributed by atoms with E-state index >= 15 is 0 Å². The van der Waals surface area contributed by atoms with Gasteiger partial charge in [-0.2, -0.15) is 0 Å². The molecule has 1 aromatic rings. The first-order valence-corrected chi connectivity index (χ1v) is 22.5. The molecule has 0 aliphatic rings. The molecule has 0 bridgehead atoms. The van der Waals surface area contributed by atoms with Crippen LogP contribution in [-0.2, 0) is 16.5 Å². The van der Waals surface area contributed by atoms with Gasteiger partial charge in [-0.15, -0.1) is 0 Å². The van der Waals surface area contributed by atoms with Crippen LogP contribution in [0.25, 0.3) is 0 Å². The summed E-state index contributed by atoms with van der Waals surface area (Å²) in [5.41, 5.74) is 0.675. The summed E-state index contributed by atoms with van der Waals surface area (Å²) < 4.78 is 34.1. The quantitative estimate of drug-likeness (QED) is 0.0392. The van der Waals surface area contributed by atoms with Crippen LogP contribution in [0.3, 0.4) is 0 Å². The molecule has 0 saturated heterocycles. The zero-order chi connectivity index (χ0) is 33.9. The number of rotatable bonds is 37. The minimum atomic E-state index is -4.37. The SMILES string of the molecule is CCCCCCCCCCCCCCCCCCCCCCCCCCCCCCCCCCCCCc1ccccc1S(=O)(=O)[O-].[K+]. The van der Waals surface area contributed by atoms with Gasteiger partial charge in [0.05, 0.1) is 4.90 Å². The summed E-state index contributed by atoms with van der Waals surface area (Å²) >= 11 is 0. The van der Waals surface area contributed by atoms with E-state index in [2.05, 4.69) is 6.92 Å². The predicted octanol–water partition coefficient (Wildman–Crippen LogP) is 11.8. The van der Waals surface area contributed by atoms with Gasteiger partial charge in [-0.3, -0.25) is 0 Å². The molecule has 0 N–H and O–H groups in total. The molecule has 0 atom stereocenters. The average Bonchev–Trinajstić information content (AvgIpc) is 3.06. The standard InChI is InChI=1S/C43H80O3S.K/c1-2-3-4-5-6-7-8-9-10-11-12-13-14-15-16-17-18-19-20-21-22-23-24-25-26-27-28-29-30-31-32-33-34-35-36-39-42-40-37-38-41-43(42)47(44,45)46;/h37-38,40-41H,2-36,39H2,1H3,(H,44,45,46);/q;+1/p-1. The van der Waals surface area contributed by atoms with E-state index in [-0.39, 0.29) is 56.3 Å². The second kappa shape index (κ2) is 37.5. The molecule has 1 rings (SSSR count). The number of unbranched alkanes of at least 4 members (excludes halogenated alkanes) is 34. The van der Waals surface area contributed by atoms with Crippen molar-refractivity contribution in [1.82, 2.24) is 0 Å². The van der Waals surface area contributed by atoms with Crippen LogP contribution in [-0.4, -0.2) is 13.0 Å². The Balaban J connectivity index is 0.0000221. The van der Waals surface area contributed by atoms with Crippen LogP contribution in [0.2, 0.25) is 0 Å². The van der Waals surface area contributed by atoms with Crippen LogP contribution < -0.4 is 51.4 Å². The van der Waals surface area contributed by atoms with Gasteiger partial charge in [0.15, 0.2) is 0 Å². The molecule has 0 unspecified atom stereocenters. The maximum atomic E-state index is 11.4. The fraction of sp³-hybridized carbons (Fsp3) is 0.860. The second-order valence-corrected chi connectivity index (χ2v) is 16.2. The number of hydrogen-bond acceptors (Lipinski definition) is 3. The summed E-state index contributed by atoms with van der Waals surface area (Å²) in [5.74, 6) is 0. The van der Waals surface area contributed by atoms with Crippen molar-refractivity contribution in [2.24, 2.45) is 0 Å². The third-order valence-electron chi connectivity index (χ3n) is 10.3. The summed E-state index contributed by atoms with van der Waals surface area (Å²) in [6, 6.07) is 6.64. The van der Waals surface area contributed by atoms with E-state index in [0.717, 1.165) is 12.8 Å². The molecule has 0 fully saturated rings. The monoisotopic (exact) mass is 715 g/mol. The minimum Gasteiger partial charge on any atom is -0.744 e. The predicted molar refractivity (Wildman–Crippen MR) is 205 cm³/mol. The maximum Gasteiger partial charge on any atom is 1.00 e. The number of hydrogen-bond donors (Lipinski definition) is 0. The fourth-order valence-corrected chi connectivity index (χ4v) is 7.91. The molecule has 0 amide bonds. The molecule has 0 radical (unpaired) electrons. The summed E-state index contributed by atoms with van der Waals surface area (Å²) in [5, 5.41) is 0. The minimum absolute atomic E-state index is 0. The molecule has 5 heteroatoms. The Morgan fingerprint density at radius 1 is 0.396 bits per heavy atom. The van der Waals surface area contributed by atoms with Crippen LogP contribution in [0.4, 0.5) is 0 Å². The Bertz CT molecular complexity index is 888. The van der Waals surface area contributed by atoms with Crippen molar-refractivity contribution in [2.45, 2.75) is 243 Å². The van der Waals surface area contributed by atoms with Crippen molar-refractivity contribution in [1.29, 1.82) is 0 Å². The normalized spacial score (nSPS) is 11.6. The van der Waals surface area contributed by atoms with Gasteiger partial charge in [-0.1, -0.05) is 243 Å². The molecule has 0 saturated carbocycles. The first-order chi connectivity index (χ1) is 23.1. The molecule has 3 nitrogen and oxygen atoms in total. The third-order valence-corrected chi connectivity index (χ3v) is 11.2. The van der Waals surface area contributed by atoms with E-state index in [9.17, 15) is 13.0 Å². The molecule has 48 heavy (non-hydrogen) atoms. The molecule has 0 heterocycles. The van der Waals surface area contributed by atoms with E-state index in [1.807, 2.05) is 6.07 Å². The fourth-order valence-electron chi connectivity index (χ4n) is 7.18. The van der Waals surface area contributed by atoms with Gasteiger partial charge >= 0.3 is 51.4 Å². The molecule has 0 spiro atoms. The van der Waals surface area contributed by atoms with Crippen molar-refractivity contribution in [3.05, 3.63) is 29.8 Å². The van der Waals surface area contributed by atoms with Crippen molar-refractivity contribution in [2.75, 3.05) is 0 Å². The van der Waals surface area contributed by atoms with Crippen LogP contribution in [0, 0.1) is 0 Å². The number of benzene rings is 1. The largest absolute Gasteiger partial charge is 1.00 e. The molecule has 0 aromatic heterocycles. The zero-order valence-corrected chi connectivity index (χ0v) is 36.3. The third kappa shape index (κ3) is 32.7. The Hall–Kier alpha value is 0.766. The molecular weight excluding hydrogens is 636 g/mol. The molecule has 0 aliphatic carbocycles. The molecule has 276 valence electrons. The van der Waals surface area contributed by atoms with E-state index < -0.39 is 10.1 Å². The van der Waals surface area contributed by atoms with Crippen LogP contribution in [0.1, 0.15) is 237 Å². The zero-order valence-electron chi connectivity index (χ0n) is 32.4. The van der Waals surface area contributed by atoms with Gasteiger partial charge in [0.2, 0.25) is 0 Å². The Morgan fingerprint density at radius 2 is 0.625 bits per heavy atom.